The van der Waals surface area contributed by atoms with Gasteiger partial charge < -0.3 is 23.7 Å². The number of methoxy groups -OCH3 is 2. The van der Waals surface area contributed by atoms with E-state index in [1.165, 1.54) is 6.92 Å². The second-order valence-electron chi connectivity index (χ2n) is 4.33. The molecule has 0 aliphatic carbocycles. The summed E-state index contributed by atoms with van der Waals surface area (Å²) in [4.78, 5) is 11.0. The molecule has 0 bridgehead atoms. The first-order valence-corrected chi connectivity index (χ1v) is 6.63. The van der Waals surface area contributed by atoms with Crippen molar-refractivity contribution in [3.63, 3.8) is 0 Å². The number of carbonyl (C=O) groups is 1. The maximum absolute atomic E-state index is 11.0. The van der Waals surface area contributed by atoms with Gasteiger partial charge in [0.25, 0.3) is 0 Å². The van der Waals surface area contributed by atoms with Crippen molar-refractivity contribution < 1.29 is 28.5 Å². The van der Waals surface area contributed by atoms with E-state index in [1.54, 1.807) is 33.3 Å². The number of benzene rings is 1. The molecule has 0 radical (unpaired) electrons. The van der Waals surface area contributed by atoms with Gasteiger partial charge in [0.2, 0.25) is 0 Å². The van der Waals surface area contributed by atoms with Crippen molar-refractivity contribution in [1.82, 2.24) is 0 Å². The molecule has 1 unspecified atom stereocenters. The minimum atomic E-state index is -0.344. The molecule has 118 valence electrons. The van der Waals surface area contributed by atoms with Crippen LogP contribution in [0.5, 0.6) is 11.5 Å². The average molecular weight is 298 g/mol. The van der Waals surface area contributed by atoms with Crippen LogP contribution in [0.3, 0.4) is 0 Å². The van der Waals surface area contributed by atoms with Gasteiger partial charge in [-0.25, -0.2) is 0 Å². The molecule has 0 fully saturated rings. The Hall–Kier alpha value is -1.79. The van der Waals surface area contributed by atoms with Crippen LogP contribution in [0.25, 0.3) is 0 Å². The van der Waals surface area contributed by atoms with Crippen LogP contribution in [0.4, 0.5) is 0 Å². The molecular weight excluding hydrogens is 276 g/mol. The van der Waals surface area contributed by atoms with Crippen LogP contribution >= 0.6 is 0 Å². The van der Waals surface area contributed by atoms with Crippen molar-refractivity contribution in [3.05, 3.63) is 23.8 Å². The number of hydrogen-bond donors (Lipinski definition) is 0. The summed E-state index contributed by atoms with van der Waals surface area (Å²) in [5.74, 6) is 0.795. The Labute approximate surface area is 124 Å². The lowest BCUT2D eigenvalue weighted by Crippen LogP contribution is -2.09. The van der Waals surface area contributed by atoms with Crippen LogP contribution in [0, 0.1) is 0 Å². The molecule has 1 rings (SSSR count). The summed E-state index contributed by atoms with van der Waals surface area (Å²) >= 11 is 0. The highest BCUT2D eigenvalue weighted by molar-refractivity contribution is 5.66. The Morgan fingerprint density at radius 1 is 1.19 bits per heavy atom. The quantitative estimate of drug-likeness (QED) is 0.396. The molecule has 0 N–H and O–H groups in total. The van der Waals surface area contributed by atoms with Gasteiger partial charge in [-0.2, -0.15) is 0 Å². The highest BCUT2D eigenvalue weighted by Crippen LogP contribution is 2.31. The lowest BCUT2D eigenvalue weighted by atomic mass is 10.1. The van der Waals surface area contributed by atoms with E-state index in [0.29, 0.717) is 24.7 Å². The predicted octanol–water partition coefficient (Wildman–Crippen LogP) is 2.32. The Balaban J connectivity index is 2.63. The molecule has 1 aromatic rings. The van der Waals surface area contributed by atoms with Gasteiger partial charge in [0.05, 0.1) is 20.3 Å². The number of rotatable bonds is 9. The minimum Gasteiger partial charge on any atom is -0.493 e. The maximum Gasteiger partial charge on any atom is 0.303 e. The van der Waals surface area contributed by atoms with Crippen molar-refractivity contribution >= 4 is 5.97 Å². The summed E-state index contributed by atoms with van der Waals surface area (Å²) in [6.07, 6.45) is -0.344. The van der Waals surface area contributed by atoms with Crippen LogP contribution in [-0.4, -0.2) is 40.2 Å². The van der Waals surface area contributed by atoms with Gasteiger partial charge in [0.1, 0.15) is 6.10 Å². The molecule has 0 saturated carbocycles. The molecular formula is C15H22O6. The van der Waals surface area contributed by atoms with E-state index in [1.807, 2.05) is 6.07 Å². The van der Waals surface area contributed by atoms with Crippen LogP contribution in [0.1, 0.15) is 25.5 Å². The van der Waals surface area contributed by atoms with Gasteiger partial charge >= 0.3 is 5.97 Å². The largest absolute Gasteiger partial charge is 0.493 e. The molecule has 0 aliphatic rings. The Morgan fingerprint density at radius 2 is 1.95 bits per heavy atom. The van der Waals surface area contributed by atoms with E-state index in [9.17, 15) is 4.79 Å². The third-order valence-corrected chi connectivity index (χ3v) is 2.73. The smallest absolute Gasteiger partial charge is 0.303 e. The van der Waals surface area contributed by atoms with E-state index in [-0.39, 0.29) is 18.9 Å². The normalized spacial score (nSPS) is 11.8. The van der Waals surface area contributed by atoms with Crippen LogP contribution in [0.2, 0.25) is 0 Å². The highest BCUT2D eigenvalue weighted by Gasteiger charge is 2.12. The van der Waals surface area contributed by atoms with Gasteiger partial charge in [0, 0.05) is 14.0 Å². The van der Waals surface area contributed by atoms with Gasteiger partial charge in [-0.3, -0.25) is 4.79 Å². The summed E-state index contributed by atoms with van der Waals surface area (Å²) in [6.45, 7) is 4.26. The minimum absolute atomic E-state index is 0.110. The summed E-state index contributed by atoms with van der Waals surface area (Å²) in [5, 5.41) is 0. The molecule has 21 heavy (non-hydrogen) atoms. The molecule has 0 aromatic heterocycles. The van der Waals surface area contributed by atoms with Crippen LogP contribution in [-0.2, 0) is 19.0 Å². The maximum atomic E-state index is 11.0. The van der Waals surface area contributed by atoms with Gasteiger partial charge in [-0.05, 0) is 24.6 Å². The monoisotopic (exact) mass is 298 g/mol. The zero-order valence-corrected chi connectivity index (χ0v) is 12.9. The van der Waals surface area contributed by atoms with Crippen molar-refractivity contribution in [2.75, 3.05) is 34.2 Å². The standard InChI is InChI=1S/C15H22O6/c1-11(21-12(2)16)13-5-6-14(15(9-13)18-4)20-10-19-8-7-17-3/h5-6,9,11H,7-8,10H2,1-4H3. The van der Waals surface area contributed by atoms with Gasteiger partial charge in [-0.15, -0.1) is 0 Å². The number of hydrogen-bond acceptors (Lipinski definition) is 6. The van der Waals surface area contributed by atoms with Gasteiger partial charge in [0.15, 0.2) is 18.3 Å². The molecule has 1 aromatic carbocycles. The van der Waals surface area contributed by atoms with E-state index >= 15 is 0 Å². The third-order valence-electron chi connectivity index (χ3n) is 2.73. The second kappa shape index (κ2) is 9.20. The Bertz CT molecular complexity index is 446. The number of ether oxygens (including phenoxy) is 5. The second-order valence-corrected chi connectivity index (χ2v) is 4.33. The molecule has 0 saturated heterocycles. The van der Waals surface area contributed by atoms with Crippen LogP contribution in [0.15, 0.2) is 18.2 Å². The van der Waals surface area contributed by atoms with Crippen molar-refractivity contribution in [2.45, 2.75) is 20.0 Å². The first kappa shape index (κ1) is 17.3. The first-order chi connectivity index (χ1) is 10.1. The molecule has 6 heteroatoms. The number of esters is 1. The van der Waals surface area contributed by atoms with Gasteiger partial charge in [-0.1, -0.05) is 6.07 Å². The summed E-state index contributed by atoms with van der Waals surface area (Å²) < 4.78 is 26.0. The molecule has 1 atom stereocenters. The third kappa shape index (κ3) is 6.01. The average Bonchev–Trinajstić information content (AvgIpc) is 2.46. The fraction of sp³-hybridized carbons (Fsp3) is 0.533. The Kier molecular flexibility index (Phi) is 7.56. The molecule has 0 aliphatic heterocycles. The van der Waals surface area contributed by atoms with E-state index in [2.05, 4.69) is 0 Å². The number of carbonyl (C=O) groups excluding carboxylic acids is 1. The molecule has 0 spiro atoms. The fourth-order valence-corrected chi connectivity index (χ4v) is 1.68. The van der Waals surface area contributed by atoms with E-state index in [0.717, 1.165) is 5.56 Å². The summed E-state index contributed by atoms with van der Waals surface area (Å²) in [5.41, 5.74) is 0.828. The SMILES string of the molecule is COCCOCOc1ccc(C(C)OC(C)=O)cc1OC. The van der Waals surface area contributed by atoms with Crippen molar-refractivity contribution in [2.24, 2.45) is 0 Å². The zero-order chi connectivity index (χ0) is 15.7. The summed E-state index contributed by atoms with van der Waals surface area (Å²) in [7, 11) is 3.16. The molecule has 0 amide bonds. The van der Waals surface area contributed by atoms with Crippen molar-refractivity contribution in [1.29, 1.82) is 0 Å². The Morgan fingerprint density at radius 3 is 2.57 bits per heavy atom. The summed E-state index contributed by atoms with van der Waals surface area (Å²) in [6, 6.07) is 5.35. The van der Waals surface area contributed by atoms with E-state index < -0.39 is 0 Å². The molecule has 6 nitrogen and oxygen atoms in total. The zero-order valence-electron chi connectivity index (χ0n) is 12.9. The lowest BCUT2D eigenvalue weighted by Gasteiger charge is -2.16. The van der Waals surface area contributed by atoms with E-state index in [4.69, 9.17) is 23.7 Å². The lowest BCUT2D eigenvalue weighted by molar-refractivity contribution is -0.145. The van der Waals surface area contributed by atoms with Crippen molar-refractivity contribution in [3.8, 4) is 11.5 Å². The molecule has 0 heterocycles. The highest BCUT2D eigenvalue weighted by atomic mass is 16.7. The topological polar surface area (TPSA) is 63.2 Å². The predicted molar refractivity (Wildman–Crippen MR) is 76.5 cm³/mol. The first-order valence-electron chi connectivity index (χ1n) is 6.63. The van der Waals surface area contributed by atoms with Crippen LogP contribution < -0.4 is 9.47 Å². The fourth-order valence-electron chi connectivity index (χ4n) is 1.68.